The Hall–Kier alpha value is -1.59. The van der Waals surface area contributed by atoms with Crippen LogP contribution < -0.4 is 10.6 Å². The van der Waals surface area contributed by atoms with E-state index in [9.17, 15) is 4.79 Å². The van der Waals surface area contributed by atoms with Crippen molar-refractivity contribution < 1.29 is 9.53 Å². The highest BCUT2D eigenvalue weighted by Crippen LogP contribution is 2.09. The van der Waals surface area contributed by atoms with E-state index in [4.69, 9.17) is 4.74 Å². The van der Waals surface area contributed by atoms with Crippen molar-refractivity contribution in [1.29, 1.82) is 0 Å². The molecule has 0 aromatic heterocycles. The van der Waals surface area contributed by atoms with Crippen LogP contribution in [0.15, 0.2) is 24.3 Å². The van der Waals surface area contributed by atoms with Gasteiger partial charge in [0.1, 0.15) is 0 Å². The first-order valence-electron chi connectivity index (χ1n) is 7.22. The lowest BCUT2D eigenvalue weighted by Crippen LogP contribution is -2.42. The fourth-order valence-electron chi connectivity index (χ4n) is 2.15. The van der Waals surface area contributed by atoms with Crippen molar-refractivity contribution in [3.05, 3.63) is 29.8 Å². The van der Waals surface area contributed by atoms with Crippen LogP contribution in [0.1, 0.15) is 12.5 Å². The monoisotopic (exact) mass is 277 g/mol. The van der Waals surface area contributed by atoms with Crippen LogP contribution in [-0.4, -0.2) is 50.3 Å². The third-order valence-electron chi connectivity index (χ3n) is 3.44. The largest absolute Gasteiger partial charge is 0.379 e. The topological polar surface area (TPSA) is 53.6 Å². The normalized spacial score (nSPS) is 15.8. The third kappa shape index (κ3) is 4.83. The average Bonchev–Trinajstić information content (AvgIpc) is 2.49. The van der Waals surface area contributed by atoms with Gasteiger partial charge < -0.3 is 15.4 Å². The van der Waals surface area contributed by atoms with Gasteiger partial charge in [-0.3, -0.25) is 4.90 Å². The highest BCUT2D eigenvalue weighted by molar-refractivity contribution is 5.89. The highest BCUT2D eigenvalue weighted by atomic mass is 16.5. The van der Waals surface area contributed by atoms with Crippen LogP contribution in [-0.2, 0) is 11.2 Å². The number of carbonyl (C=O) groups is 1. The van der Waals surface area contributed by atoms with Gasteiger partial charge in [-0.15, -0.1) is 0 Å². The van der Waals surface area contributed by atoms with E-state index in [1.165, 1.54) is 5.56 Å². The molecule has 0 bridgehead atoms. The van der Waals surface area contributed by atoms with E-state index in [1.807, 2.05) is 24.3 Å². The molecule has 2 N–H and O–H groups in total. The molecule has 20 heavy (non-hydrogen) atoms. The zero-order valence-electron chi connectivity index (χ0n) is 12.0. The Morgan fingerprint density at radius 1 is 1.25 bits per heavy atom. The molecule has 0 spiro atoms. The summed E-state index contributed by atoms with van der Waals surface area (Å²) < 4.78 is 5.28. The minimum absolute atomic E-state index is 0.150. The second-order valence-electron chi connectivity index (χ2n) is 4.89. The van der Waals surface area contributed by atoms with Crippen molar-refractivity contribution in [2.75, 3.05) is 44.7 Å². The van der Waals surface area contributed by atoms with Crippen molar-refractivity contribution in [1.82, 2.24) is 10.2 Å². The zero-order valence-corrected chi connectivity index (χ0v) is 12.0. The van der Waals surface area contributed by atoms with Crippen molar-refractivity contribution in [3.63, 3.8) is 0 Å². The molecule has 1 heterocycles. The van der Waals surface area contributed by atoms with Gasteiger partial charge in [0.15, 0.2) is 0 Å². The van der Waals surface area contributed by atoms with Gasteiger partial charge in [0.2, 0.25) is 0 Å². The number of carbonyl (C=O) groups excluding carboxylic acids is 1. The molecule has 1 saturated heterocycles. The molecule has 0 atom stereocenters. The molecule has 1 aliphatic heterocycles. The minimum Gasteiger partial charge on any atom is -0.379 e. The summed E-state index contributed by atoms with van der Waals surface area (Å²) in [5.74, 6) is 0. The Bertz CT molecular complexity index is 414. The molecule has 1 aromatic rings. The van der Waals surface area contributed by atoms with Crippen LogP contribution in [0, 0.1) is 0 Å². The molecule has 0 unspecified atom stereocenters. The van der Waals surface area contributed by atoms with Crippen molar-refractivity contribution in [2.45, 2.75) is 13.3 Å². The minimum atomic E-state index is -0.150. The SMILES string of the molecule is CCc1ccc(NC(=O)NCCN2CCOCC2)cc1. The summed E-state index contributed by atoms with van der Waals surface area (Å²) in [6, 6.07) is 7.77. The summed E-state index contributed by atoms with van der Waals surface area (Å²) in [5, 5.41) is 5.71. The Morgan fingerprint density at radius 2 is 1.95 bits per heavy atom. The van der Waals surface area contributed by atoms with Crippen molar-refractivity contribution >= 4 is 11.7 Å². The molecule has 2 amide bonds. The van der Waals surface area contributed by atoms with Crippen molar-refractivity contribution in [3.8, 4) is 0 Å². The van der Waals surface area contributed by atoms with Crippen LogP contribution in [0.4, 0.5) is 10.5 Å². The Kier molecular flexibility index (Phi) is 5.83. The number of aryl methyl sites for hydroxylation is 1. The highest BCUT2D eigenvalue weighted by Gasteiger charge is 2.10. The number of urea groups is 1. The van der Waals surface area contributed by atoms with Gasteiger partial charge in [0.25, 0.3) is 0 Å². The van der Waals surface area contributed by atoms with Crippen LogP contribution in [0.2, 0.25) is 0 Å². The quantitative estimate of drug-likeness (QED) is 0.861. The van der Waals surface area contributed by atoms with E-state index in [0.29, 0.717) is 6.54 Å². The number of ether oxygens (including phenoxy) is 1. The van der Waals surface area contributed by atoms with E-state index in [0.717, 1.165) is 45.0 Å². The summed E-state index contributed by atoms with van der Waals surface area (Å²) in [4.78, 5) is 14.0. The van der Waals surface area contributed by atoms with E-state index < -0.39 is 0 Å². The number of nitrogens with zero attached hydrogens (tertiary/aromatic N) is 1. The number of nitrogens with one attached hydrogen (secondary N) is 2. The molecule has 1 aromatic carbocycles. The molecule has 0 radical (unpaired) electrons. The molecule has 5 nitrogen and oxygen atoms in total. The fourth-order valence-corrected chi connectivity index (χ4v) is 2.15. The van der Waals surface area contributed by atoms with Crippen LogP contribution in [0.25, 0.3) is 0 Å². The average molecular weight is 277 g/mol. The maximum absolute atomic E-state index is 11.7. The van der Waals surface area contributed by atoms with Gasteiger partial charge in [0, 0.05) is 31.9 Å². The smallest absolute Gasteiger partial charge is 0.319 e. The van der Waals surface area contributed by atoms with E-state index in [2.05, 4.69) is 22.5 Å². The number of rotatable bonds is 5. The number of benzene rings is 1. The van der Waals surface area contributed by atoms with Crippen LogP contribution in [0.3, 0.4) is 0 Å². The maximum atomic E-state index is 11.7. The second kappa shape index (κ2) is 7.87. The first-order valence-corrected chi connectivity index (χ1v) is 7.22. The predicted molar refractivity (Wildman–Crippen MR) is 80.1 cm³/mol. The summed E-state index contributed by atoms with van der Waals surface area (Å²) in [6.45, 7) is 7.10. The fraction of sp³-hybridized carbons (Fsp3) is 0.533. The Balaban J connectivity index is 1.66. The number of anilines is 1. The lowest BCUT2D eigenvalue weighted by molar-refractivity contribution is 0.0388. The van der Waals surface area contributed by atoms with Crippen LogP contribution >= 0.6 is 0 Å². The third-order valence-corrected chi connectivity index (χ3v) is 3.44. The Labute approximate surface area is 120 Å². The lowest BCUT2D eigenvalue weighted by Gasteiger charge is -2.26. The number of morpholine rings is 1. The van der Waals surface area contributed by atoms with Gasteiger partial charge in [-0.25, -0.2) is 4.79 Å². The molecule has 5 heteroatoms. The van der Waals surface area contributed by atoms with Crippen molar-refractivity contribution in [2.24, 2.45) is 0 Å². The molecule has 1 aliphatic rings. The first kappa shape index (κ1) is 14.8. The summed E-state index contributed by atoms with van der Waals surface area (Å²) in [5.41, 5.74) is 2.09. The van der Waals surface area contributed by atoms with Gasteiger partial charge in [0.05, 0.1) is 13.2 Å². The predicted octanol–water partition coefficient (Wildman–Crippen LogP) is 1.70. The van der Waals surface area contributed by atoms with Gasteiger partial charge in [-0.1, -0.05) is 19.1 Å². The second-order valence-corrected chi connectivity index (χ2v) is 4.89. The van der Waals surface area contributed by atoms with E-state index >= 15 is 0 Å². The number of hydrogen-bond donors (Lipinski definition) is 2. The van der Waals surface area contributed by atoms with Gasteiger partial charge in [-0.2, -0.15) is 0 Å². The lowest BCUT2D eigenvalue weighted by atomic mass is 10.1. The number of amides is 2. The molecule has 110 valence electrons. The molecule has 1 fully saturated rings. The van der Waals surface area contributed by atoms with E-state index in [-0.39, 0.29) is 6.03 Å². The van der Waals surface area contributed by atoms with Gasteiger partial charge >= 0.3 is 6.03 Å². The zero-order chi connectivity index (χ0) is 14.2. The first-order chi connectivity index (χ1) is 9.78. The molecule has 0 aliphatic carbocycles. The number of hydrogen-bond acceptors (Lipinski definition) is 3. The summed E-state index contributed by atoms with van der Waals surface area (Å²) in [6.07, 6.45) is 1.01. The molecular formula is C15H23N3O2. The summed E-state index contributed by atoms with van der Waals surface area (Å²) >= 11 is 0. The van der Waals surface area contributed by atoms with Gasteiger partial charge in [-0.05, 0) is 24.1 Å². The van der Waals surface area contributed by atoms with Crippen LogP contribution in [0.5, 0.6) is 0 Å². The maximum Gasteiger partial charge on any atom is 0.319 e. The molecule has 0 saturated carbocycles. The standard InChI is InChI=1S/C15H23N3O2/c1-2-13-3-5-14(6-4-13)17-15(19)16-7-8-18-9-11-20-12-10-18/h3-6H,2,7-12H2,1H3,(H2,16,17,19). The Morgan fingerprint density at radius 3 is 2.60 bits per heavy atom. The van der Waals surface area contributed by atoms with E-state index in [1.54, 1.807) is 0 Å². The molecular weight excluding hydrogens is 254 g/mol. The summed E-state index contributed by atoms with van der Waals surface area (Å²) in [7, 11) is 0. The molecule has 2 rings (SSSR count).